The zero-order chi connectivity index (χ0) is 11.7. The molecule has 0 spiro atoms. The molecule has 1 heterocycles. The molecule has 0 atom stereocenters. The van der Waals surface area contributed by atoms with Crippen molar-refractivity contribution < 1.29 is 9.13 Å². The molecule has 16 heavy (non-hydrogen) atoms. The van der Waals surface area contributed by atoms with E-state index in [-0.39, 0.29) is 12.0 Å². The van der Waals surface area contributed by atoms with Crippen LogP contribution >= 0.6 is 11.6 Å². The molecule has 0 amide bonds. The molecule has 0 saturated carbocycles. The van der Waals surface area contributed by atoms with Crippen LogP contribution in [0.3, 0.4) is 0 Å². The number of fused-ring (bicyclic) bond motifs is 1. The third-order valence-corrected chi connectivity index (χ3v) is 2.44. The summed E-state index contributed by atoms with van der Waals surface area (Å²) in [6, 6.07) is 6.70. The van der Waals surface area contributed by atoms with E-state index in [0.717, 1.165) is 0 Å². The molecule has 2 aromatic rings. The lowest BCUT2D eigenvalue weighted by Crippen LogP contribution is -2.07. The number of pyridine rings is 1. The van der Waals surface area contributed by atoms with Crippen molar-refractivity contribution in [1.82, 2.24) is 4.98 Å². The minimum absolute atomic E-state index is 0.0492. The molecular weight excluding hydrogens is 229 g/mol. The van der Waals surface area contributed by atoms with Crippen molar-refractivity contribution >= 4 is 22.4 Å². The van der Waals surface area contributed by atoms with Crippen molar-refractivity contribution in [3.8, 4) is 5.88 Å². The summed E-state index contributed by atoms with van der Waals surface area (Å²) in [5.41, 5.74) is 0. The summed E-state index contributed by atoms with van der Waals surface area (Å²) in [5, 5.41) is 1.52. The van der Waals surface area contributed by atoms with E-state index in [1.54, 1.807) is 24.3 Å². The molecule has 2 rings (SSSR count). The van der Waals surface area contributed by atoms with Gasteiger partial charge in [0, 0.05) is 21.9 Å². The van der Waals surface area contributed by atoms with E-state index in [4.69, 9.17) is 16.3 Å². The van der Waals surface area contributed by atoms with Crippen LogP contribution in [0.5, 0.6) is 5.88 Å². The van der Waals surface area contributed by atoms with Crippen LogP contribution in [0.1, 0.15) is 13.8 Å². The number of ether oxygens (including phenoxy) is 1. The second-order valence-electron chi connectivity index (χ2n) is 3.75. The SMILES string of the molecule is CC(C)Oc1cc2c(Cl)cccc2c(F)n1. The zero-order valence-corrected chi connectivity index (χ0v) is 9.75. The molecule has 4 heteroatoms. The highest BCUT2D eigenvalue weighted by Crippen LogP contribution is 2.27. The smallest absolute Gasteiger partial charge is 0.224 e. The molecule has 0 bridgehead atoms. The fourth-order valence-corrected chi connectivity index (χ4v) is 1.71. The molecule has 2 nitrogen and oxygen atoms in total. The minimum atomic E-state index is -0.560. The predicted molar refractivity (Wildman–Crippen MR) is 62.5 cm³/mol. The highest BCUT2D eigenvalue weighted by molar-refractivity contribution is 6.35. The van der Waals surface area contributed by atoms with Gasteiger partial charge in [-0.15, -0.1) is 0 Å². The molecule has 0 saturated heterocycles. The van der Waals surface area contributed by atoms with Crippen LogP contribution in [0.4, 0.5) is 4.39 Å². The Morgan fingerprint density at radius 3 is 2.75 bits per heavy atom. The van der Waals surface area contributed by atoms with Gasteiger partial charge in [-0.1, -0.05) is 17.7 Å². The van der Waals surface area contributed by atoms with Crippen molar-refractivity contribution in [2.45, 2.75) is 20.0 Å². The number of hydrogen-bond acceptors (Lipinski definition) is 2. The van der Waals surface area contributed by atoms with Gasteiger partial charge in [0.25, 0.3) is 0 Å². The van der Waals surface area contributed by atoms with Gasteiger partial charge in [0.05, 0.1) is 6.10 Å². The highest BCUT2D eigenvalue weighted by atomic mass is 35.5. The zero-order valence-electron chi connectivity index (χ0n) is 9.00. The van der Waals surface area contributed by atoms with Gasteiger partial charge in [0.15, 0.2) is 0 Å². The first-order valence-corrected chi connectivity index (χ1v) is 5.37. The van der Waals surface area contributed by atoms with E-state index in [2.05, 4.69) is 4.98 Å². The molecule has 1 aromatic carbocycles. The Hall–Kier alpha value is -1.35. The largest absolute Gasteiger partial charge is 0.475 e. The normalized spacial score (nSPS) is 11.1. The van der Waals surface area contributed by atoms with Crippen molar-refractivity contribution in [3.05, 3.63) is 35.2 Å². The molecule has 0 aliphatic heterocycles. The van der Waals surface area contributed by atoms with Crippen LogP contribution in [0.25, 0.3) is 10.8 Å². The summed E-state index contributed by atoms with van der Waals surface area (Å²) in [7, 11) is 0. The quantitative estimate of drug-likeness (QED) is 0.744. The third-order valence-electron chi connectivity index (χ3n) is 2.11. The standard InChI is InChI=1S/C12H11ClFNO/c1-7(2)16-11-6-9-8(12(14)15-11)4-3-5-10(9)13/h3-7H,1-2H3. The lowest BCUT2D eigenvalue weighted by molar-refractivity contribution is 0.230. The molecule has 0 unspecified atom stereocenters. The lowest BCUT2D eigenvalue weighted by atomic mass is 10.2. The second-order valence-corrected chi connectivity index (χ2v) is 4.16. The number of benzene rings is 1. The van der Waals surface area contributed by atoms with Gasteiger partial charge in [-0.05, 0) is 26.0 Å². The van der Waals surface area contributed by atoms with Gasteiger partial charge in [-0.3, -0.25) is 0 Å². The monoisotopic (exact) mass is 239 g/mol. The fourth-order valence-electron chi connectivity index (χ4n) is 1.48. The maximum absolute atomic E-state index is 13.6. The van der Waals surface area contributed by atoms with Crippen LogP contribution in [-0.4, -0.2) is 11.1 Å². The summed E-state index contributed by atoms with van der Waals surface area (Å²) in [6.45, 7) is 3.72. The van der Waals surface area contributed by atoms with Crippen LogP contribution in [0, 0.1) is 5.95 Å². The summed E-state index contributed by atoms with van der Waals surface area (Å²) in [4.78, 5) is 3.74. The number of nitrogens with zero attached hydrogens (tertiary/aromatic N) is 1. The van der Waals surface area contributed by atoms with Crippen molar-refractivity contribution in [3.63, 3.8) is 0 Å². The lowest BCUT2D eigenvalue weighted by Gasteiger charge is -2.10. The minimum Gasteiger partial charge on any atom is -0.475 e. The molecular formula is C12H11ClFNO. The number of halogens is 2. The number of aromatic nitrogens is 1. The van der Waals surface area contributed by atoms with Gasteiger partial charge in [-0.25, -0.2) is 0 Å². The average Bonchev–Trinajstić information content (AvgIpc) is 2.19. The molecule has 84 valence electrons. The maximum atomic E-state index is 13.6. The van der Waals surface area contributed by atoms with Crippen molar-refractivity contribution in [2.75, 3.05) is 0 Å². The van der Waals surface area contributed by atoms with Crippen LogP contribution in [0.15, 0.2) is 24.3 Å². The maximum Gasteiger partial charge on any atom is 0.224 e. The Morgan fingerprint density at radius 2 is 2.06 bits per heavy atom. The van der Waals surface area contributed by atoms with Crippen molar-refractivity contribution in [2.24, 2.45) is 0 Å². The average molecular weight is 240 g/mol. The first-order chi connectivity index (χ1) is 7.58. The van der Waals surface area contributed by atoms with Gasteiger partial charge < -0.3 is 4.74 Å². The Bertz CT molecular complexity index is 528. The molecule has 0 aliphatic rings. The Labute approximate surface area is 98.0 Å². The fraction of sp³-hybridized carbons (Fsp3) is 0.250. The predicted octanol–water partition coefficient (Wildman–Crippen LogP) is 3.81. The first kappa shape index (κ1) is 11.1. The van der Waals surface area contributed by atoms with E-state index >= 15 is 0 Å². The van der Waals surface area contributed by atoms with Gasteiger partial charge in [-0.2, -0.15) is 9.37 Å². The molecule has 0 N–H and O–H groups in total. The number of hydrogen-bond donors (Lipinski definition) is 0. The Morgan fingerprint density at radius 1 is 1.31 bits per heavy atom. The van der Waals surface area contributed by atoms with Crippen LogP contribution in [0.2, 0.25) is 5.02 Å². The summed E-state index contributed by atoms with van der Waals surface area (Å²) < 4.78 is 19.0. The highest BCUT2D eigenvalue weighted by Gasteiger charge is 2.09. The molecule has 0 radical (unpaired) electrons. The Kier molecular flexibility index (Phi) is 2.97. The van der Waals surface area contributed by atoms with Gasteiger partial charge in [0.2, 0.25) is 11.8 Å². The summed E-state index contributed by atoms with van der Waals surface area (Å²) in [6.07, 6.45) is -0.0492. The molecule has 0 fully saturated rings. The first-order valence-electron chi connectivity index (χ1n) is 4.99. The van der Waals surface area contributed by atoms with E-state index < -0.39 is 5.95 Å². The van der Waals surface area contributed by atoms with Crippen molar-refractivity contribution in [1.29, 1.82) is 0 Å². The summed E-state index contributed by atoms with van der Waals surface area (Å²) in [5.74, 6) is -0.302. The molecule has 1 aromatic heterocycles. The van der Waals surface area contributed by atoms with Crippen LogP contribution in [-0.2, 0) is 0 Å². The van der Waals surface area contributed by atoms with E-state index in [0.29, 0.717) is 15.8 Å². The van der Waals surface area contributed by atoms with E-state index in [1.807, 2.05) is 13.8 Å². The second kappa shape index (κ2) is 4.26. The Balaban J connectivity index is 2.61. The van der Waals surface area contributed by atoms with E-state index in [1.165, 1.54) is 0 Å². The number of rotatable bonds is 2. The molecule has 0 aliphatic carbocycles. The summed E-state index contributed by atoms with van der Waals surface area (Å²) >= 11 is 5.99. The van der Waals surface area contributed by atoms with Gasteiger partial charge in [0.1, 0.15) is 0 Å². The van der Waals surface area contributed by atoms with Crippen LogP contribution < -0.4 is 4.74 Å². The van der Waals surface area contributed by atoms with Gasteiger partial charge >= 0.3 is 0 Å². The third kappa shape index (κ3) is 2.09. The van der Waals surface area contributed by atoms with E-state index in [9.17, 15) is 4.39 Å². The topological polar surface area (TPSA) is 22.1 Å².